The molecule has 0 amide bonds. The van der Waals surface area contributed by atoms with Crippen LogP contribution in [-0.4, -0.2) is 16.7 Å². The molecule has 0 saturated heterocycles. The molecule has 2 aromatic rings. The molecule has 23 heavy (non-hydrogen) atoms. The zero-order valence-corrected chi connectivity index (χ0v) is 14.5. The van der Waals surface area contributed by atoms with Crippen molar-refractivity contribution in [3.63, 3.8) is 0 Å². The minimum absolute atomic E-state index is 0.207. The number of H-pyrrole nitrogens is 1. The Bertz CT molecular complexity index is 787. The molecule has 5 heteroatoms. The number of benzene rings is 1. The van der Waals surface area contributed by atoms with Crippen molar-refractivity contribution < 1.29 is 4.39 Å². The fraction of sp³-hybridized carbons (Fsp3) is 0.500. The number of nitrogens with one attached hydrogen (secondary N) is 1. The van der Waals surface area contributed by atoms with Gasteiger partial charge in [-0.25, -0.2) is 4.39 Å². The number of fused-ring (bicyclic) bond motifs is 2. The zero-order valence-electron chi connectivity index (χ0n) is 12.9. The molecule has 0 spiro atoms. The van der Waals surface area contributed by atoms with Gasteiger partial charge in [0.25, 0.3) is 0 Å². The number of hydrogen-bond acceptors (Lipinski definition) is 2. The molecule has 3 aliphatic rings. The van der Waals surface area contributed by atoms with Crippen LogP contribution in [0.5, 0.6) is 0 Å². The first-order valence-electron chi connectivity index (χ1n) is 8.44. The second-order valence-electron chi connectivity index (χ2n) is 7.25. The van der Waals surface area contributed by atoms with Gasteiger partial charge >= 0.3 is 0 Å². The van der Waals surface area contributed by atoms with E-state index in [0.717, 1.165) is 31.1 Å². The summed E-state index contributed by atoms with van der Waals surface area (Å²) in [5.74, 6) is 0.659. The van der Waals surface area contributed by atoms with Gasteiger partial charge < -0.3 is 4.90 Å². The van der Waals surface area contributed by atoms with Crippen molar-refractivity contribution in [3.05, 3.63) is 45.4 Å². The van der Waals surface area contributed by atoms with Gasteiger partial charge in [0.15, 0.2) is 0 Å². The monoisotopic (exact) mass is 375 g/mol. The summed E-state index contributed by atoms with van der Waals surface area (Å²) in [4.78, 5) is 2.34. The summed E-state index contributed by atoms with van der Waals surface area (Å²) >= 11 is 3.30. The second kappa shape index (κ2) is 4.82. The number of aromatic nitrogens is 2. The van der Waals surface area contributed by atoms with E-state index in [1.165, 1.54) is 48.7 Å². The van der Waals surface area contributed by atoms with E-state index in [9.17, 15) is 4.39 Å². The van der Waals surface area contributed by atoms with Crippen molar-refractivity contribution in [2.24, 2.45) is 5.92 Å². The van der Waals surface area contributed by atoms with Crippen LogP contribution in [0.15, 0.2) is 22.7 Å². The Balaban J connectivity index is 1.48. The van der Waals surface area contributed by atoms with E-state index < -0.39 is 0 Å². The van der Waals surface area contributed by atoms with Crippen molar-refractivity contribution in [1.29, 1.82) is 0 Å². The van der Waals surface area contributed by atoms with Crippen LogP contribution in [0.25, 0.3) is 0 Å². The van der Waals surface area contributed by atoms with E-state index in [1.807, 2.05) is 12.1 Å². The molecule has 2 heterocycles. The van der Waals surface area contributed by atoms with Gasteiger partial charge in [-0.15, -0.1) is 0 Å². The Morgan fingerprint density at radius 3 is 3.04 bits per heavy atom. The third-order valence-electron chi connectivity index (χ3n) is 6.08. The summed E-state index contributed by atoms with van der Waals surface area (Å²) in [5.41, 5.74) is 5.51. The summed E-state index contributed by atoms with van der Waals surface area (Å²) in [5, 5.41) is 8.03. The van der Waals surface area contributed by atoms with Crippen molar-refractivity contribution in [1.82, 2.24) is 10.2 Å². The zero-order chi connectivity index (χ0) is 15.6. The van der Waals surface area contributed by atoms with Crippen LogP contribution in [0.4, 0.5) is 10.1 Å². The van der Waals surface area contributed by atoms with Crippen LogP contribution in [0.3, 0.4) is 0 Å². The van der Waals surface area contributed by atoms with E-state index >= 15 is 0 Å². The Hall–Kier alpha value is -1.36. The predicted molar refractivity (Wildman–Crippen MR) is 91.1 cm³/mol. The smallest absolute Gasteiger partial charge is 0.137 e. The summed E-state index contributed by atoms with van der Waals surface area (Å²) in [6.45, 7) is 1.83. The highest BCUT2D eigenvalue weighted by molar-refractivity contribution is 9.10. The van der Waals surface area contributed by atoms with Crippen LogP contribution in [0.2, 0.25) is 0 Å². The molecule has 1 N–H and O–H groups in total. The maximum Gasteiger partial charge on any atom is 0.137 e. The Kier molecular flexibility index (Phi) is 2.94. The van der Waals surface area contributed by atoms with Gasteiger partial charge in [-0.3, -0.25) is 5.10 Å². The van der Waals surface area contributed by atoms with E-state index in [2.05, 4.69) is 25.9 Å². The number of aromatic amines is 1. The molecular formula is C18H19BrFN3. The van der Waals surface area contributed by atoms with Crippen molar-refractivity contribution in [2.75, 3.05) is 11.4 Å². The standard InChI is InChI=1S/C18H19BrFN3/c19-14-8-12(3-4-15(14)20)23-7-5-16-13(10-23)17(22-21-16)18-6-1-2-11(18)9-18/h3-4,8,11H,1-2,5-7,9-10H2,(H,21,22). The first kappa shape index (κ1) is 14.0. The van der Waals surface area contributed by atoms with E-state index in [0.29, 0.717) is 9.89 Å². The average Bonchev–Trinajstić information content (AvgIpc) is 2.94. The molecule has 2 fully saturated rings. The van der Waals surface area contributed by atoms with E-state index in [-0.39, 0.29) is 5.82 Å². The molecular weight excluding hydrogens is 357 g/mol. The van der Waals surface area contributed by atoms with Crippen LogP contribution < -0.4 is 4.90 Å². The molecule has 2 aliphatic carbocycles. The topological polar surface area (TPSA) is 31.9 Å². The van der Waals surface area contributed by atoms with Gasteiger partial charge in [0.1, 0.15) is 5.82 Å². The molecule has 1 aromatic carbocycles. The van der Waals surface area contributed by atoms with Gasteiger partial charge in [0.05, 0.1) is 10.2 Å². The van der Waals surface area contributed by atoms with Gasteiger partial charge in [-0.05, 0) is 59.3 Å². The Morgan fingerprint density at radius 1 is 1.39 bits per heavy atom. The van der Waals surface area contributed by atoms with E-state index in [4.69, 9.17) is 5.10 Å². The van der Waals surface area contributed by atoms with Gasteiger partial charge in [0.2, 0.25) is 0 Å². The molecule has 2 saturated carbocycles. The largest absolute Gasteiger partial charge is 0.367 e. The quantitative estimate of drug-likeness (QED) is 0.847. The highest BCUT2D eigenvalue weighted by Gasteiger charge is 2.60. The number of rotatable bonds is 2. The number of nitrogens with zero attached hydrogens (tertiary/aromatic N) is 2. The van der Waals surface area contributed by atoms with Gasteiger partial charge in [0, 0.05) is 41.9 Å². The molecule has 0 bridgehead atoms. The molecule has 1 aliphatic heterocycles. The van der Waals surface area contributed by atoms with Crippen molar-refractivity contribution in [3.8, 4) is 0 Å². The molecule has 3 nitrogen and oxygen atoms in total. The summed E-state index contributed by atoms with van der Waals surface area (Å²) in [6, 6.07) is 5.30. The molecule has 5 rings (SSSR count). The molecule has 120 valence electrons. The summed E-state index contributed by atoms with van der Waals surface area (Å²) < 4.78 is 14.0. The van der Waals surface area contributed by atoms with Crippen LogP contribution in [-0.2, 0) is 18.4 Å². The summed E-state index contributed by atoms with van der Waals surface area (Å²) in [7, 11) is 0. The fourth-order valence-electron chi connectivity index (χ4n) is 4.75. The minimum atomic E-state index is -0.207. The van der Waals surface area contributed by atoms with Crippen molar-refractivity contribution in [2.45, 2.75) is 44.1 Å². The Morgan fingerprint density at radius 2 is 2.30 bits per heavy atom. The van der Waals surface area contributed by atoms with Gasteiger partial charge in [-0.1, -0.05) is 6.42 Å². The fourth-order valence-corrected chi connectivity index (χ4v) is 5.11. The normalized spacial score (nSPS) is 28.6. The highest BCUT2D eigenvalue weighted by Crippen LogP contribution is 2.64. The number of anilines is 1. The predicted octanol–water partition coefficient (Wildman–Crippen LogP) is 4.32. The maximum absolute atomic E-state index is 13.5. The van der Waals surface area contributed by atoms with Crippen LogP contribution in [0, 0.1) is 11.7 Å². The molecule has 2 unspecified atom stereocenters. The minimum Gasteiger partial charge on any atom is -0.367 e. The third kappa shape index (κ3) is 2.02. The lowest BCUT2D eigenvalue weighted by Gasteiger charge is -2.30. The summed E-state index contributed by atoms with van der Waals surface area (Å²) in [6.07, 6.45) is 6.33. The van der Waals surface area contributed by atoms with Gasteiger partial charge in [-0.2, -0.15) is 5.10 Å². The lowest BCUT2D eigenvalue weighted by Crippen LogP contribution is -2.31. The molecule has 0 radical (unpaired) electrons. The molecule has 1 aromatic heterocycles. The average molecular weight is 376 g/mol. The maximum atomic E-state index is 13.5. The van der Waals surface area contributed by atoms with Crippen LogP contribution >= 0.6 is 15.9 Å². The first-order chi connectivity index (χ1) is 11.2. The Labute approximate surface area is 143 Å². The van der Waals surface area contributed by atoms with Crippen LogP contribution in [0.1, 0.15) is 42.6 Å². The molecule has 2 atom stereocenters. The highest BCUT2D eigenvalue weighted by atomic mass is 79.9. The number of halogens is 2. The SMILES string of the molecule is Fc1ccc(N2CCc3[nH]nc(C45CCCC4C5)c3C2)cc1Br. The first-order valence-corrected chi connectivity index (χ1v) is 9.23. The van der Waals surface area contributed by atoms with E-state index in [1.54, 1.807) is 0 Å². The lowest BCUT2D eigenvalue weighted by atomic mass is 9.92. The van der Waals surface area contributed by atoms with Crippen molar-refractivity contribution >= 4 is 21.6 Å². The second-order valence-corrected chi connectivity index (χ2v) is 8.10. The lowest BCUT2D eigenvalue weighted by molar-refractivity contribution is 0.616. The number of hydrogen-bond donors (Lipinski definition) is 1. The third-order valence-corrected chi connectivity index (χ3v) is 6.69.